The van der Waals surface area contributed by atoms with Gasteiger partial charge in [-0.15, -0.1) is 0 Å². The monoisotopic (exact) mass is 1120 g/mol. The summed E-state index contributed by atoms with van der Waals surface area (Å²) in [5.41, 5.74) is -0.218. The third-order valence-corrected chi connectivity index (χ3v) is 21.8. The second-order valence-electron chi connectivity index (χ2n) is 25.6. The molecule has 0 bridgehead atoms. The Morgan fingerprint density at radius 2 is 1.08 bits per heavy atom. The number of rotatable bonds is 16. The van der Waals surface area contributed by atoms with Gasteiger partial charge in [0, 0.05) is 5.57 Å². The standard InChI is InChI=1S/C54H88O24/c1-22(45(69)71-20-29-36(62)37(63)41(67)46(70)72-29)7-8-25(58)23(2)24-11-13-52(6)31-10-9-30-50(3,4)32(12-14-53(30)21-54(31,53)16-15-51(24,52)5)76-48-43(39(65)34(60)27(18-56)74-48)78-49-44(40(66)35(61)28(19-57)75-49)77-47-42(68)38(64)33(59)26(17-55)73-47/h7,23-44,46-49,55-68,70H,8-21H2,1-6H3/b22-7+/t23-,24+,25-,26+,27+,28+,29+,30+,31-,32-,33+,34+,35+,36+,37-,38-,39-,40-,41+,42+,43+,44+,46+,47-,48-,49-,51+,52-,53+,54-/m0/s1. The predicted molar refractivity (Wildman–Crippen MR) is 264 cm³/mol. The molecule has 15 N–H and O–H groups in total. The highest BCUT2D eigenvalue weighted by atomic mass is 16.8. The SMILES string of the molecule is C/C(=C\C[C@H](O)[C@@H](C)[C@H]1CC[C@@]2(C)[C@@H]3CC[C@@H]4C(C)(C)[C@@H](O[C@@H]5O[C@H](CO)[C@@H](O)[C@H](O)[C@H]5O[C@@H]5O[C@H](CO)[C@@H](O)[C@H](O)[C@H]5O[C@@H]5O[C@H](CO)[C@@H](O)[C@H](O)[C@H]5O)CC[C@@]45C[C@@]35CC[C@]12C)C(=O)OC[C@H]1O[C@@H](O)[C@H](O)[C@@H](O)[C@@H]1O. The number of aliphatic hydroxyl groups is 15. The zero-order valence-electron chi connectivity index (χ0n) is 45.4. The highest BCUT2D eigenvalue weighted by Crippen LogP contribution is 2.89. The van der Waals surface area contributed by atoms with Crippen molar-refractivity contribution in [2.24, 2.45) is 50.7 Å². The summed E-state index contributed by atoms with van der Waals surface area (Å²) in [4.78, 5) is 12.9. The van der Waals surface area contributed by atoms with Crippen LogP contribution in [0.4, 0.5) is 0 Å². The Labute approximate surface area is 453 Å². The summed E-state index contributed by atoms with van der Waals surface area (Å²) < 4.78 is 47.1. The van der Waals surface area contributed by atoms with Gasteiger partial charge in [0.15, 0.2) is 25.2 Å². The Kier molecular flexibility index (Phi) is 17.7. The van der Waals surface area contributed by atoms with E-state index in [1.165, 1.54) is 0 Å². The van der Waals surface area contributed by atoms with Crippen LogP contribution in [0.1, 0.15) is 106 Å². The first kappa shape index (κ1) is 60.9. The summed E-state index contributed by atoms with van der Waals surface area (Å²) in [5.74, 6) is 0.0472. The summed E-state index contributed by atoms with van der Waals surface area (Å²) in [6.07, 6.45) is -24.4. The quantitative estimate of drug-likeness (QED) is 0.0414. The van der Waals surface area contributed by atoms with Crippen LogP contribution in [0.15, 0.2) is 11.6 Å². The molecule has 0 aromatic heterocycles. The van der Waals surface area contributed by atoms with Gasteiger partial charge in [-0.05, 0) is 122 Å². The van der Waals surface area contributed by atoms with E-state index in [9.17, 15) is 81.4 Å². The Morgan fingerprint density at radius 1 is 0.564 bits per heavy atom. The van der Waals surface area contributed by atoms with Crippen molar-refractivity contribution in [3.05, 3.63) is 11.6 Å². The lowest BCUT2D eigenvalue weighted by molar-refractivity contribution is -0.398. The van der Waals surface area contributed by atoms with Crippen molar-refractivity contribution >= 4 is 5.97 Å². The predicted octanol–water partition coefficient (Wildman–Crippen LogP) is -3.06. The Morgan fingerprint density at radius 3 is 1.68 bits per heavy atom. The highest BCUT2D eigenvalue weighted by Gasteiger charge is 2.82. The number of carbonyl (C=O) groups excluding carboxylic acids is 1. The number of hydrogen-bond donors (Lipinski definition) is 15. The summed E-state index contributed by atoms with van der Waals surface area (Å²) in [6.45, 7) is 10.1. The van der Waals surface area contributed by atoms with Gasteiger partial charge in [0.05, 0.1) is 32.0 Å². The molecule has 0 aromatic rings. The van der Waals surface area contributed by atoms with E-state index >= 15 is 0 Å². The van der Waals surface area contributed by atoms with Gasteiger partial charge < -0.3 is 114 Å². The van der Waals surface area contributed by atoms with Crippen molar-refractivity contribution in [3.63, 3.8) is 0 Å². The first-order valence-corrected chi connectivity index (χ1v) is 28.1. The van der Waals surface area contributed by atoms with Gasteiger partial charge in [0.2, 0.25) is 0 Å². The van der Waals surface area contributed by atoms with Gasteiger partial charge in [-0.1, -0.05) is 40.7 Å². The second kappa shape index (κ2) is 22.7. The van der Waals surface area contributed by atoms with Crippen LogP contribution in [-0.2, 0) is 42.7 Å². The van der Waals surface area contributed by atoms with Crippen LogP contribution in [0, 0.1) is 50.7 Å². The van der Waals surface area contributed by atoms with Gasteiger partial charge in [0.25, 0.3) is 0 Å². The van der Waals surface area contributed by atoms with E-state index in [1.54, 1.807) is 13.0 Å². The van der Waals surface area contributed by atoms with E-state index in [0.29, 0.717) is 12.3 Å². The molecule has 9 rings (SSSR count). The molecule has 9 aliphatic rings. The number of aliphatic hydroxyl groups excluding tert-OH is 15. The average molecular weight is 1120 g/mol. The van der Waals surface area contributed by atoms with Crippen LogP contribution in [0.5, 0.6) is 0 Å². The molecule has 2 spiro atoms. The zero-order chi connectivity index (χ0) is 56.9. The van der Waals surface area contributed by atoms with E-state index in [1.807, 2.05) is 0 Å². The fourth-order valence-corrected chi connectivity index (χ4v) is 16.9. The first-order chi connectivity index (χ1) is 36.7. The van der Waals surface area contributed by atoms with E-state index in [4.69, 9.17) is 37.9 Å². The van der Waals surface area contributed by atoms with Crippen LogP contribution in [-0.4, -0.2) is 244 Å². The topological polar surface area (TPSA) is 394 Å². The lowest BCUT2D eigenvalue weighted by Crippen LogP contribution is -2.67. The molecule has 9 fully saturated rings. The van der Waals surface area contributed by atoms with E-state index < -0.39 is 173 Å². The molecule has 4 aliphatic heterocycles. The van der Waals surface area contributed by atoms with Crippen LogP contribution < -0.4 is 0 Å². The molecule has 24 nitrogen and oxygen atoms in total. The maximum Gasteiger partial charge on any atom is 0.333 e. The van der Waals surface area contributed by atoms with Crippen molar-refractivity contribution in [2.45, 2.75) is 241 Å². The average Bonchev–Trinajstić information content (AvgIpc) is 3.14. The number of hydrogen-bond acceptors (Lipinski definition) is 24. The second-order valence-corrected chi connectivity index (χ2v) is 25.6. The molecule has 30 atom stereocenters. The summed E-state index contributed by atoms with van der Waals surface area (Å²) in [7, 11) is 0. The zero-order valence-corrected chi connectivity index (χ0v) is 45.4. The minimum absolute atomic E-state index is 0.0185. The third-order valence-electron chi connectivity index (χ3n) is 21.8. The Hall–Kier alpha value is -1.67. The lowest BCUT2D eigenvalue weighted by atomic mass is 9.41. The third kappa shape index (κ3) is 9.96. The molecule has 0 radical (unpaired) electrons. The van der Waals surface area contributed by atoms with Gasteiger partial charge in [-0.2, -0.15) is 0 Å². The minimum Gasteiger partial charge on any atom is -0.459 e. The van der Waals surface area contributed by atoms with Crippen molar-refractivity contribution in [3.8, 4) is 0 Å². The molecule has 24 heteroatoms. The fourth-order valence-electron chi connectivity index (χ4n) is 16.9. The van der Waals surface area contributed by atoms with Crippen LogP contribution >= 0.6 is 0 Å². The molecule has 5 aliphatic carbocycles. The van der Waals surface area contributed by atoms with Gasteiger partial charge in [0.1, 0.15) is 104 Å². The maximum atomic E-state index is 12.9. The van der Waals surface area contributed by atoms with Crippen LogP contribution in [0.25, 0.3) is 0 Å². The number of carbonyl (C=O) groups is 1. The maximum absolute atomic E-state index is 12.9. The smallest absolute Gasteiger partial charge is 0.333 e. The number of ether oxygens (including phenoxy) is 8. The molecule has 5 saturated carbocycles. The van der Waals surface area contributed by atoms with Gasteiger partial charge in [-0.3, -0.25) is 0 Å². The van der Waals surface area contributed by atoms with Crippen molar-refractivity contribution < 1.29 is 119 Å². The fraction of sp³-hybridized carbons (Fsp3) is 0.944. The molecule has 78 heavy (non-hydrogen) atoms. The van der Waals surface area contributed by atoms with Crippen LogP contribution in [0.3, 0.4) is 0 Å². The highest BCUT2D eigenvalue weighted by molar-refractivity contribution is 5.87. The molecular formula is C54H88O24. The van der Waals surface area contributed by atoms with Gasteiger partial charge >= 0.3 is 5.97 Å². The van der Waals surface area contributed by atoms with Crippen molar-refractivity contribution in [1.29, 1.82) is 0 Å². The molecule has 4 saturated heterocycles. The Bertz CT molecular complexity index is 2120. The molecule has 0 aromatic carbocycles. The first-order valence-electron chi connectivity index (χ1n) is 28.1. The molecular weight excluding hydrogens is 1030 g/mol. The molecule has 0 unspecified atom stereocenters. The lowest BCUT2D eigenvalue weighted by Gasteiger charge is -2.63. The number of fused-ring (bicyclic) bond motifs is 2. The largest absolute Gasteiger partial charge is 0.459 e. The van der Waals surface area contributed by atoms with E-state index in [-0.39, 0.29) is 51.4 Å². The molecule has 0 amide bonds. The summed E-state index contributed by atoms with van der Waals surface area (Å²) >= 11 is 0. The number of esters is 1. The van der Waals surface area contributed by atoms with Crippen molar-refractivity contribution in [2.75, 3.05) is 26.4 Å². The molecule has 448 valence electrons. The summed E-state index contributed by atoms with van der Waals surface area (Å²) in [6, 6.07) is 0. The van der Waals surface area contributed by atoms with E-state index in [2.05, 4.69) is 34.6 Å². The van der Waals surface area contributed by atoms with Crippen molar-refractivity contribution in [1.82, 2.24) is 0 Å². The van der Waals surface area contributed by atoms with E-state index in [0.717, 1.165) is 51.4 Å². The minimum atomic E-state index is -1.93. The van der Waals surface area contributed by atoms with Crippen LogP contribution in [0.2, 0.25) is 0 Å². The summed E-state index contributed by atoms with van der Waals surface area (Å²) in [5, 5.41) is 159. The molecule has 4 heterocycles. The van der Waals surface area contributed by atoms with Gasteiger partial charge in [-0.25, -0.2) is 4.79 Å². The normalized spacial score (nSPS) is 52.8. The Balaban J connectivity index is 0.866.